The van der Waals surface area contributed by atoms with Crippen molar-refractivity contribution in [2.24, 2.45) is 11.1 Å². The van der Waals surface area contributed by atoms with Crippen LogP contribution in [0.2, 0.25) is 0 Å². The molecule has 114 valence electrons. The van der Waals surface area contributed by atoms with Crippen LogP contribution in [0.1, 0.15) is 49.9 Å². The Balaban J connectivity index is 2.19. The van der Waals surface area contributed by atoms with Crippen molar-refractivity contribution in [2.75, 3.05) is 5.32 Å². The van der Waals surface area contributed by atoms with E-state index in [9.17, 15) is 14.9 Å². The zero-order valence-electron chi connectivity index (χ0n) is 12.4. The van der Waals surface area contributed by atoms with Crippen LogP contribution < -0.4 is 11.1 Å². The van der Waals surface area contributed by atoms with Crippen molar-refractivity contribution < 1.29 is 9.72 Å². The molecule has 6 heteroatoms. The maximum Gasteiger partial charge on any atom is 0.292 e. The van der Waals surface area contributed by atoms with E-state index in [4.69, 9.17) is 5.73 Å². The fourth-order valence-corrected chi connectivity index (χ4v) is 2.73. The smallest absolute Gasteiger partial charge is 0.292 e. The molecule has 0 bridgehead atoms. The molecule has 0 atom stereocenters. The third kappa shape index (κ3) is 3.71. The fourth-order valence-electron chi connectivity index (χ4n) is 2.73. The Labute approximate surface area is 123 Å². The molecule has 3 N–H and O–H groups in total. The van der Waals surface area contributed by atoms with Crippen molar-refractivity contribution in [1.82, 2.24) is 0 Å². The van der Waals surface area contributed by atoms with Gasteiger partial charge in [-0.2, -0.15) is 0 Å². The van der Waals surface area contributed by atoms with Gasteiger partial charge in [0.1, 0.15) is 5.69 Å². The highest BCUT2D eigenvalue weighted by Crippen LogP contribution is 2.37. The lowest BCUT2D eigenvalue weighted by molar-refractivity contribution is -0.384. The van der Waals surface area contributed by atoms with Gasteiger partial charge in [0.15, 0.2) is 0 Å². The number of nitrogens with zero attached hydrogens (tertiary/aromatic N) is 1. The van der Waals surface area contributed by atoms with E-state index in [0.29, 0.717) is 11.1 Å². The number of carbonyl (C=O) groups excluding carboxylic acids is 1. The van der Waals surface area contributed by atoms with Crippen molar-refractivity contribution in [3.8, 4) is 0 Å². The van der Waals surface area contributed by atoms with Crippen LogP contribution in [0.5, 0.6) is 0 Å². The second-order valence-electron chi connectivity index (χ2n) is 6.44. The Bertz CT molecular complexity index is 559. The summed E-state index contributed by atoms with van der Waals surface area (Å²) in [5.41, 5.74) is 6.20. The largest absolute Gasteiger partial charge is 0.377 e. The molecule has 2 rings (SSSR count). The molecule has 1 aliphatic rings. The Hall–Kier alpha value is -2.11. The molecule has 0 saturated heterocycles. The monoisotopic (exact) mass is 291 g/mol. The lowest BCUT2D eigenvalue weighted by Crippen LogP contribution is -2.30. The summed E-state index contributed by atoms with van der Waals surface area (Å²) in [5, 5.41) is 14.3. The van der Waals surface area contributed by atoms with Crippen LogP contribution in [0.3, 0.4) is 0 Å². The molecule has 21 heavy (non-hydrogen) atoms. The summed E-state index contributed by atoms with van der Waals surface area (Å²) >= 11 is 0. The standard InChI is InChI=1S/C15H21N3O3/c1-15(2)7-5-11(6-8-15)17-12-9-10(14(16)19)3-4-13(12)18(20)21/h3-4,9,11,17H,5-8H2,1-2H3,(H2,16,19). The zero-order valence-corrected chi connectivity index (χ0v) is 12.4. The van der Waals surface area contributed by atoms with Gasteiger partial charge in [-0.3, -0.25) is 14.9 Å². The first-order valence-corrected chi connectivity index (χ1v) is 7.13. The number of carbonyl (C=O) groups is 1. The van der Waals surface area contributed by atoms with Crippen molar-refractivity contribution in [3.05, 3.63) is 33.9 Å². The maximum atomic E-state index is 11.2. The highest BCUT2D eigenvalue weighted by atomic mass is 16.6. The highest BCUT2D eigenvalue weighted by Gasteiger charge is 2.28. The van der Waals surface area contributed by atoms with E-state index in [0.717, 1.165) is 25.7 Å². The van der Waals surface area contributed by atoms with E-state index in [1.54, 1.807) is 0 Å². The normalized spacial score (nSPS) is 18.2. The predicted octanol–water partition coefficient (Wildman–Crippen LogP) is 3.07. The van der Waals surface area contributed by atoms with Gasteiger partial charge in [0.2, 0.25) is 5.91 Å². The summed E-state index contributed by atoms with van der Waals surface area (Å²) in [6.07, 6.45) is 4.08. The number of hydrogen-bond acceptors (Lipinski definition) is 4. The SMILES string of the molecule is CC1(C)CCC(Nc2cc(C(N)=O)ccc2[N+](=O)[O-])CC1. The van der Waals surface area contributed by atoms with Crippen LogP contribution in [-0.4, -0.2) is 16.9 Å². The molecule has 0 aliphatic heterocycles. The first-order valence-electron chi connectivity index (χ1n) is 7.13. The minimum Gasteiger partial charge on any atom is -0.377 e. The topological polar surface area (TPSA) is 98.3 Å². The summed E-state index contributed by atoms with van der Waals surface area (Å²) in [5.74, 6) is -0.585. The van der Waals surface area contributed by atoms with Gasteiger partial charge in [0.25, 0.3) is 5.69 Å². The Morgan fingerprint density at radius 1 is 1.38 bits per heavy atom. The second kappa shape index (κ2) is 5.71. The molecule has 0 unspecified atom stereocenters. The number of nitrogens with one attached hydrogen (secondary N) is 1. The number of amides is 1. The number of hydrogen-bond donors (Lipinski definition) is 2. The molecule has 1 amide bonds. The summed E-state index contributed by atoms with van der Waals surface area (Å²) < 4.78 is 0. The fraction of sp³-hybridized carbons (Fsp3) is 0.533. The van der Waals surface area contributed by atoms with Crippen LogP contribution in [0.25, 0.3) is 0 Å². The molecule has 0 spiro atoms. The summed E-state index contributed by atoms with van der Waals surface area (Å²) in [4.78, 5) is 21.9. The molecule has 1 aromatic carbocycles. The molecule has 0 radical (unpaired) electrons. The van der Waals surface area contributed by atoms with Crippen LogP contribution in [0, 0.1) is 15.5 Å². The number of nitro benzene ring substituents is 1. The number of benzene rings is 1. The van der Waals surface area contributed by atoms with Gasteiger partial charge in [0.05, 0.1) is 4.92 Å². The van der Waals surface area contributed by atoms with Crippen LogP contribution in [0.4, 0.5) is 11.4 Å². The van der Waals surface area contributed by atoms with Crippen molar-refractivity contribution in [2.45, 2.75) is 45.6 Å². The summed E-state index contributed by atoms with van der Waals surface area (Å²) in [6.45, 7) is 4.47. The van der Waals surface area contributed by atoms with Crippen LogP contribution >= 0.6 is 0 Å². The van der Waals surface area contributed by atoms with Gasteiger partial charge < -0.3 is 11.1 Å². The second-order valence-corrected chi connectivity index (χ2v) is 6.44. The molecule has 1 aromatic rings. The lowest BCUT2D eigenvalue weighted by Gasteiger charge is -2.35. The molecule has 1 saturated carbocycles. The van der Waals surface area contributed by atoms with E-state index in [-0.39, 0.29) is 17.3 Å². The number of rotatable bonds is 4. The van der Waals surface area contributed by atoms with Gasteiger partial charge in [-0.1, -0.05) is 13.8 Å². The third-order valence-electron chi connectivity index (χ3n) is 4.18. The molecule has 0 aromatic heterocycles. The van der Waals surface area contributed by atoms with Gasteiger partial charge in [-0.15, -0.1) is 0 Å². The van der Waals surface area contributed by atoms with E-state index < -0.39 is 10.8 Å². The van der Waals surface area contributed by atoms with Crippen molar-refractivity contribution >= 4 is 17.3 Å². The molecule has 6 nitrogen and oxygen atoms in total. The van der Waals surface area contributed by atoms with Gasteiger partial charge in [0, 0.05) is 17.7 Å². The van der Waals surface area contributed by atoms with E-state index in [1.807, 2.05) is 0 Å². The quantitative estimate of drug-likeness (QED) is 0.657. The highest BCUT2D eigenvalue weighted by molar-refractivity contribution is 5.94. The first-order chi connectivity index (χ1) is 9.78. The minimum atomic E-state index is -0.585. The zero-order chi connectivity index (χ0) is 15.6. The van der Waals surface area contributed by atoms with Gasteiger partial charge in [-0.25, -0.2) is 0 Å². The van der Waals surface area contributed by atoms with Crippen molar-refractivity contribution in [3.63, 3.8) is 0 Å². The molecule has 0 heterocycles. The molecule has 1 fully saturated rings. The molecule has 1 aliphatic carbocycles. The number of anilines is 1. The van der Waals surface area contributed by atoms with Crippen LogP contribution in [0.15, 0.2) is 18.2 Å². The van der Waals surface area contributed by atoms with Crippen LogP contribution in [-0.2, 0) is 0 Å². The third-order valence-corrected chi connectivity index (χ3v) is 4.18. The average molecular weight is 291 g/mol. The van der Waals surface area contributed by atoms with Gasteiger partial charge >= 0.3 is 0 Å². The summed E-state index contributed by atoms with van der Waals surface area (Å²) in [6, 6.07) is 4.38. The van der Waals surface area contributed by atoms with E-state index >= 15 is 0 Å². The van der Waals surface area contributed by atoms with E-state index in [1.165, 1.54) is 18.2 Å². The predicted molar refractivity (Wildman–Crippen MR) is 81.3 cm³/mol. The number of primary amides is 1. The summed E-state index contributed by atoms with van der Waals surface area (Å²) in [7, 11) is 0. The lowest BCUT2D eigenvalue weighted by atomic mass is 9.75. The number of nitro groups is 1. The average Bonchev–Trinajstić information content (AvgIpc) is 2.40. The van der Waals surface area contributed by atoms with Gasteiger partial charge in [-0.05, 0) is 43.2 Å². The maximum absolute atomic E-state index is 11.2. The number of nitrogens with two attached hydrogens (primary N) is 1. The minimum absolute atomic E-state index is 0.0233. The van der Waals surface area contributed by atoms with E-state index in [2.05, 4.69) is 19.2 Å². The molecular formula is C15H21N3O3. The first kappa shape index (κ1) is 15.3. The Morgan fingerprint density at radius 3 is 2.52 bits per heavy atom. The Kier molecular flexibility index (Phi) is 4.16. The molecular weight excluding hydrogens is 270 g/mol. The Morgan fingerprint density at radius 2 is 2.00 bits per heavy atom. The van der Waals surface area contributed by atoms with Crippen molar-refractivity contribution in [1.29, 1.82) is 0 Å².